The first-order valence-corrected chi connectivity index (χ1v) is 6.69. The van der Waals surface area contributed by atoms with Gasteiger partial charge in [-0.15, -0.1) is 0 Å². The highest BCUT2D eigenvalue weighted by atomic mass is 16.3. The zero-order chi connectivity index (χ0) is 13.4. The van der Waals surface area contributed by atoms with E-state index in [4.69, 9.17) is 0 Å². The van der Waals surface area contributed by atoms with Gasteiger partial charge in [-0.1, -0.05) is 6.92 Å². The van der Waals surface area contributed by atoms with E-state index in [-0.39, 0.29) is 17.9 Å². The number of aromatic nitrogens is 1. The number of aliphatic hydroxyl groups is 1. The van der Waals surface area contributed by atoms with Crippen LogP contribution in [0, 0.1) is 5.92 Å². The molecule has 0 radical (unpaired) electrons. The van der Waals surface area contributed by atoms with Crippen LogP contribution in [0.25, 0.3) is 10.9 Å². The lowest BCUT2D eigenvalue weighted by Gasteiger charge is -2.34. The molecule has 2 N–H and O–H groups in total. The molecule has 1 aromatic heterocycles. The van der Waals surface area contributed by atoms with Gasteiger partial charge in [0.05, 0.1) is 6.10 Å². The van der Waals surface area contributed by atoms with E-state index < -0.39 is 0 Å². The molecular formula is C15H18N2O2. The molecule has 4 heteroatoms. The molecule has 3 rings (SSSR count). The average molecular weight is 258 g/mol. The Bertz CT molecular complexity index is 605. The number of nitrogens with zero attached hydrogens (tertiary/aromatic N) is 1. The van der Waals surface area contributed by atoms with Crippen molar-refractivity contribution in [3.63, 3.8) is 0 Å². The number of amides is 1. The van der Waals surface area contributed by atoms with Gasteiger partial charge in [-0.05, 0) is 36.6 Å². The smallest absolute Gasteiger partial charge is 0.253 e. The second kappa shape index (κ2) is 4.70. The summed E-state index contributed by atoms with van der Waals surface area (Å²) >= 11 is 0. The first-order chi connectivity index (χ1) is 9.15. The monoisotopic (exact) mass is 258 g/mol. The maximum Gasteiger partial charge on any atom is 0.253 e. The predicted octanol–water partition coefficient (Wildman–Crippen LogP) is 2.01. The van der Waals surface area contributed by atoms with E-state index in [1.807, 2.05) is 42.3 Å². The maximum atomic E-state index is 12.5. The third-order valence-corrected chi connectivity index (χ3v) is 3.95. The Labute approximate surface area is 112 Å². The van der Waals surface area contributed by atoms with E-state index >= 15 is 0 Å². The van der Waals surface area contributed by atoms with Gasteiger partial charge < -0.3 is 15.0 Å². The second-order valence-corrected chi connectivity index (χ2v) is 5.36. The Morgan fingerprint density at radius 1 is 1.42 bits per heavy atom. The van der Waals surface area contributed by atoms with Crippen LogP contribution in [0.15, 0.2) is 30.5 Å². The molecule has 2 heterocycles. The number of rotatable bonds is 1. The van der Waals surface area contributed by atoms with Gasteiger partial charge in [0, 0.05) is 35.8 Å². The third-order valence-electron chi connectivity index (χ3n) is 3.95. The van der Waals surface area contributed by atoms with Gasteiger partial charge in [0.25, 0.3) is 5.91 Å². The molecule has 2 aromatic rings. The van der Waals surface area contributed by atoms with Crippen LogP contribution >= 0.6 is 0 Å². The van der Waals surface area contributed by atoms with Crippen LogP contribution in [-0.4, -0.2) is 40.1 Å². The van der Waals surface area contributed by atoms with Crippen molar-refractivity contribution in [3.05, 3.63) is 36.0 Å². The zero-order valence-electron chi connectivity index (χ0n) is 11.0. The van der Waals surface area contributed by atoms with Gasteiger partial charge in [-0.2, -0.15) is 0 Å². The Kier molecular flexibility index (Phi) is 3.03. The van der Waals surface area contributed by atoms with Crippen LogP contribution < -0.4 is 0 Å². The van der Waals surface area contributed by atoms with Crippen molar-refractivity contribution in [2.75, 3.05) is 13.1 Å². The molecule has 1 fully saturated rings. The number of fused-ring (bicyclic) bond motifs is 1. The number of piperidine rings is 1. The summed E-state index contributed by atoms with van der Waals surface area (Å²) in [7, 11) is 0. The van der Waals surface area contributed by atoms with E-state index in [9.17, 15) is 9.90 Å². The molecule has 0 saturated carbocycles. The number of aliphatic hydroxyl groups excluding tert-OH is 1. The Balaban J connectivity index is 1.83. The summed E-state index contributed by atoms with van der Waals surface area (Å²) in [5.41, 5.74) is 1.76. The summed E-state index contributed by atoms with van der Waals surface area (Å²) < 4.78 is 0. The van der Waals surface area contributed by atoms with Crippen molar-refractivity contribution in [1.29, 1.82) is 0 Å². The first kappa shape index (κ1) is 12.2. The Morgan fingerprint density at radius 2 is 2.26 bits per heavy atom. The molecule has 0 aliphatic carbocycles. The molecule has 100 valence electrons. The lowest BCUT2D eigenvalue weighted by molar-refractivity contribution is 0.0297. The number of carbonyl (C=O) groups is 1. The van der Waals surface area contributed by atoms with Crippen LogP contribution in [0.5, 0.6) is 0 Å². The van der Waals surface area contributed by atoms with Crippen molar-refractivity contribution in [2.24, 2.45) is 5.92 Å². The van der Waals surface area contributed by atoms with Gasteiger partial charge in [0.15, 0.2) is 0 Å². The summed E-state index contributed by atoms with van der Waals surface area (Å²) in [5.74, 6) is 0.204. The number of nitrogens with one attached hydrogen (secondary N) is 1. The van der Waals surface area contributed by atoms with Gasteiger partial charge in [-0.3, -0.25) is 4.79 Å². The van der Waals surface area contributed by atoms with Crippen molar-refractivity contribution in [3.8, 4) is 0 Å². The molecule has 4 nitrogen and oxygen atoms in total. The van der Waals surface area contributed by atoms with Crippen molar-refractivity contribution in [1.82, 2.24) is 9.88 Å². The largest absolute Gasteiger partial charge is 0.393 e. The molecule has 1 aliphatic rings. The summed E-state index contributed by atoms with van der Waals surface area (Å²) in [6.45, 7) is 3.25. The number of H-pyrrole nitrogens is 1. The fourth-order valence-corrected chi connectivity index (χ4v) is 2.69. The normalized spacial score (nSPS) is 23.8. The molecule has 1 aliphatic heterocycles. The average Bonchev–Trinajstić information content (AvgIpc) is 2.88. The van der Waals surface area contributed by atoms with Crippen LogP contribution in [0.2, 0.25) is 0 Å². The highest BCUT2D eigenvalue weighted by molar-refractivity contribution is 5.98. The Hall–Kier alpha value is -1.81. The van der Waals surface area contributed by atoms with E-state index in [1.54, 1.807) is 0 Å². The lowest BCUT2D eigenvalue weighted by atomic mass is 9.96. The van der Waals surface area contributed by atoms with Crippen LogP contribution in [0.1, 0.15) is 23.7 Å². The fourth-order valence-electron chi connectivity index (χ4n) is 2.69. The summed E-state index contributed by atoms with van der Waals surface area (Å²) in [5, 5.41) is 10.8. The second-order valence-electron chi connectivity index (χ2n) is 5.36. The molecule has 2 atom stereocenters. The maximum absolute atomic E-state index is 12.5. The third kappa shape index (κ3) is 2.24. The highest BCUT2D eigenvalue weighted by Gasteiger charge is 2.27. The predicted molar refractivity (Wildman–Crippen MR) is 74.0 cm³/mol. The molecule has 0 spiro atoms. The molecule has 1 saturated heterocycles. The summed E-state index contributed by atoms with van der Waals surface area (Å²) in [6.07, 6.45) is 2.26. The number of aromatic amines is 1. The van der Waals surface area contributed by atoms with Gasteiger partial charge in [0.2, 0.25) is 0 Å². The quantitative estimate of drug-likeness (QED) is 0.822. The molecule has 19 heavy (non-hydrogen) atoms. The van der Waals surface area contributed by atoms with E-state index in [0.717, 1.165) is 16.5 Å². The molecule has 2 unspecified atom stereocenters. The number of carbonyl (C=O) groups excluding carboxylic acids is 1. The van der Waals surface area contributed by atoms with Crippen molar-refractivity contribution < 1.29 is 9.90 Å². The van der Waals surface area contributed by atoms with Crippen LogP contribution in [-0.2, 0) is 0 Å². The van der Waals surface area contributed by atoms with Crippen molar-refractivity contribution >= 4 is 16.8 Å². The number of likely N-dealkylation sites (tertiary alicyclic amines) is 1. The molecular weight excluding hydrogens is 240 g/mol. The van der Waals surface area contributed by atoms with E-state index in [0.29, 0.717) is 19.5 Å². The van der Waals surface area contributed by atoms with Gasteiger partial charge >= 0.3 is 0 Å². The molecule has 0 bridgehead atoms. The highest BCUT2D eigenvalue weighted by Crippen LogP contribution is 2.20. The number of hydrogen-bond acceptors (Lipinski definition) is 2. The van der Waals surface area contributed by atoms with E-state index in [1.165, 1.54) is 0 Å². The van der Waals surface area contributed by atoms with Crippen LogP contribution in [0.4, 0.5) is 0 Å². The summed E-state index contributed by atoms with van der Waals surface area (Å²) in [4.78, 5) is 17.4. The van der Waals surface area contributed by atoms with E-state index in [2.05, 4.69) is 4.98 Å². The topological polar surface area (TPSA) is 56.3 Å². The number of benzene rings is 1. The number of hydrogen-bond donors (Lipinski definition) is 2. The SMILES string of the molecule is CC1CN(C(=O)c2ccc3[nH]ccc3c2)CCC1O. The standard InChI is InChI=1S/C15H18N2O2/c1-10-9-17(7-5-14(10)18)15(19)12-2-3-13-11(8-12)4-6-16-13/h2-4,6,8,10,14,16,18H,5,7,9H2,1H3. The minimum absolute atomic E-state index is 0.0573. The molecule has 1 aromatic carbocycles. The minimum Gasteiger partial charge on any atom is -0.393 e. The fraction of sp³-hybridized carbons (Fsp3) is 0.400. The van der Waals surface area contributed by atoms with Crippen LogP contribution in [0.3, 0.4) is 0 Å². The first-order valence-electron chi connectivity index (χ1n) is 6.69. The zero-order valence-corrected chi connectivity index (χ0v) is 11.0. The van der Waals surface area contributed by atoms with Gasteiger partial charge in [0.1, 0.15) is 0 Å². The minimum atomic E-state index is -0.281. The lowest BCUT2D eigenvalue weighted by Crippen LogP contribution is -2.44. The molecule has 1 amide bonds. The van der Waals surface area contributed by atoms with Gasteiger partial charge in [-0.25, -0.2) is 0 Å². The Morgan fingerprint density at radius 3 is 3.05 bits per heavy atom. The summed E-state index contributed by atoms with van der Waals surface area (Å²) in [6, 6.07) is 7.68. The van der Waals surface area contributed by atoms with Crippen molar-refractivity contribution in [2.45, 2.75) is 19.4 Å².